The van der Waals surface area contributed by atoms with Gasteiger partial charge in [0.2, 0.25) is 5.78 Å². The minimum atomic E-state index is -1.81. The van der Waals surface area contributed by atoms with Gasteiger partial charge < -0.3 is 34.3 Å². The zero-order valence-electron chi connectivity index (χ0n) is 26.4. The molecule has 3 N–H and O–H groups in total. The number of aliphatic hydroxyl groups is 1. The van der Waals surface area contributed by atoms with E-state index in [9.17, 15) is 29.7 Å². The van der Waals surface area contributed by atoms with Gasteiger partial charge >= 0.3 is 5.97 Å². The SMILES string of the molecule is C=C(C)C(O)Cc1c(O)c2c(c3c1O[C@@H](C)C3(C)C)O[C@]13C(=C[C@@]4(OC)C[C@H]1C(C)(C)O[C@]3(C/C=C(/C)C(=O)O)C4=O)C2=O. The summed E-state index contributed by atoms with van der Waals surface area (Å²) in [5.41, 5.74) is -5.32. The summed E-state index contributed by atoms with van der Waals surface area (Å²) < 4.78 is 26.0. The van der Waals surface area contributed by atoms with Crippen molar-refractivity contribution in [2.24, 2.45) is 5.92 Å². The van der Waals surface area contributed by atoms with E-state index in [1.807, 2.05) is 34.6 Å². The Morgan fingerprint density at radius 2 is 1.86 bits per heavy atom. The summed E-state index contributed by atoms with van der Waals surface area (Å²) in [6.07, 6.45) is 1.50. The van der Waals surface area contributed by atoms with Crippen LogP contribution >= 0.6 is 0 Å². The first-order valence-electron chi connectivity index (χ1n) is 14.9. The van der Waals surface area contributed by atoms with Crippen LogP contribution in [0.5, 0.6) is 17.2 Å². The Balaban J connectivity index is 1.69. The molecule has 1 spiro atoms. The van der Waals surface area contributed by atoms with E-state index in [1.165, 1.54) is 26.2 Å². The molecule has 4 bridgehead atoms. The number of rotatable bonds is 7. The van der Waals surface area contributed by atoms with Crippen molar-refractivity contribution < 1.29 is 48.7 Å². The third-order valence-corrected chi connectivity index (χ3v) is 10.9. The number of aromatic hydroxyl groups is 1. The molecule has 1 aromatic rings. The second kappa shape index (κ2) is 9.05. The lowest BCUT2D eigenvalue weighted by molar-refractivity contribution is -0.190. The molecule has 0 radical (unpaired) electrons. The number of carbonyl (C=O) groups excluding carboxylic acids is 2. The van der Waals surface area contributed by atoms with Gasteiger partial charge in [0.05, 0.1) is 11.7 Å². The van der Waals surface area contributed by atoms with Crippen LogP contribution in [0.15, 0.2) is 35.5 Å². The predicted octanol–water partition coefficient (Wildman–Crippen LogP) is 4.13. The number of ketones is 2. The molecule has 3 aliphatic carbocycles. The Labute approximate surface area is 256 Å². The van der Waals surface area contributed by atoms with Gasteiger partial charge in [-0.15, -0.1) is 0 Å². The standard InChI is InChI=1S/C34H40O10/c1-15(2)20(35)12-18-24(36)22-25(37)19-13-32(41-9)14-21-31(7,8)44-33(29(32)40,11-10-16(3)28(38)39)34(19,21)43-27(22)23-26(18)42-17(4)30(23,5)6/h10,13,17,20-21,35-36H,1,11-12,14H2,2-9H3,(H,38,39)/b16-10-/t17-,20?,21-,32+,33+,34+/m0/s1. The van der Waals surface area contributed by atoms with Crippen molar-refractivity contribution in [1.82, 2.24) is 0 Å². The summed E-state index contributed by atoms with van der Waals surface area (Å²) in [7, 11) is 1.40. The predicted molar refractivity (Wildman–Crippen MR) is 158 cm³/mol. The highest BCUT2D eigenvalue weighted by molar-refractivity contribution is 6.20. The number of carboxylic acid groups (broad SMARTS) is 1. The number of hydrogen-bond donors (Lipinski definition) is 3. The van der Waals surface area contributed by atoms with E-state index in [2.05, 4.69) is 6.58 Å². The molecule has 1 saturated carbocycles. The number of phenols is 1. The van der Waals surface area contributed by atoms with E-state index in [4.69, 9.17) is 18.9 Å². The van der Waals surface area contributed by atoms with Gasteiger partial charge in [0.15, 0.2) is 17.0 Å². The zero-order chi connectivity index (χ0) is 32.5. The van der Waals surface area contributed by atoms with Crippen LogP contribution < -0.4 is 9.47 Å². The number of carboxylic acids is 1. The van der Waals surface area contributed by atoms with Crippen LogP contribution in [0.3, 0.4) is 0 Å². The zero-order valence-corrected chi connectivity index (χ0v) is 26.4. The average molecular weight is 609 g/mol. The fourth-order valence-corrected chi connectivity index (χ4v) is 8.08. The Bertz CT molecular complexity index is 1630. The number of benzene rings is 1. The summed E-state index contributed by atoms with van der Waals surface area (Å²) in [6.45, 7) is 16.4. The monoisotopic (exact) mass is 608 g/mol. The van der Waals surface area contributed by atoms with Gasteiger partial charge in [-0.1, -0.05) is 32.1 Å². The molecule has 44 heavy (non-hydrogen) atoms. The number of ether oxygens (including phenoxy) is 4. The Hall–Kier alpha value is -3.47. The molecule has 10 heteroatoms. The second-order valence-electron chi connectivity index (χ2n) is 14.1. The van der Waals surface area contributed by atoms with Crippen molar-refractivity contribution >= 4 is 17.5 Å². The number of Topliss-reactive ketones (excluding diaryl/α,β-unsaturated/α-hetero) is 2. The van der Waals surface area contributed by atoms with Crippen molar-refractivity contribution in [2.75, 3.05) is 7.11 Å². The largest absolute Gasteiger partial charge is 0.507 e. The van der Waals surface area contributed by atoms with Crippen LogP contribution in [0.1, 0.15) is 82.8 Å². The minimum Gasteiger partial charge on any atom is -0.507 e. The highest BCUT2D eigenvalue weighted by Gasteiger charge is 2.84. The number of fused-ring (bicyclic) bond motifs is 3. The maximum Gasteiger partial charge on any atom is 0.330 e. The topological polar surface area (TPSA) is 149 Å². The van der Waals surface area contributed by atoms with Gasteiger partial charge in [0.25, 0.3) is 0 Å². The number of phenolic OH excluding ortho intramolecular Hbond substituents is 1. The molecule has 2 fully saturated rings. The molecular weight excluding hydrogens is 568 g/mol. The van der Waals surface area contributed by atoms with Crippen molar-refractivity contribution in [3.8, 4) is 17.2 Å². The molecule has 10 nitrogen and oxygen atoms in total. The average Bonchev–Trinajstić information content (AvgIpc) is 3.27. The first-order valence-corrected chi connectivity index (χ1v) is 14.9. The van der Waals surface area contributed by atoms with Gasteiger partial charge in [-0.25, -0.2) is 4.79 Å². The normalized spacial score (nSPS) is 34.4. The van der Waals surface area contributed by atoms with E-state index in [-0.39, 0.29) is 53.0 Å². The fourth-order valence-electron chi connectivity index (χ4n) is 8.08. The van der Waals surface area contributed by atoms with Crippen LogP contribution in [-0.4, -0.2) is 74.6 Å². The van der Waals surface area contributed by atoms with Gasteiger partial charge in [0, 0.05) is 53.6 Å². The van der Waals surface area contributed by atoms with Crippen LogP contribution in [0, 0.1) is 5.92 Å². The van der Waals surface area contributed by atoms with E-state index < -0.39 is 63.5 Å². The Morgan fingerprint density at radius 3 is 2.45 bits per heavy atom. The van der Waals surface area contributed by atoms with E-state index in [0.717, 1.165) is 0 Å². The number of hydrogen-bond acceptors (Lipinski definition) is 9. The van der Waals surface area contributed by atoms with Crippen LogP contribution in [0.4, 0.5) is 0 Å². The maximum absolute atomic E-state index is 14.8. The van der Waals surface area contributed by atoms with Crippen LogP contribution in [-0.2, 0) is 30.9 Å². The number of carbonyl (C=O) groups is 3. The molecule has 0 aromatic heterocycles. The van der Waals surface area contributed by atoms with Crippen LogP contribution in [0.25, 0.3) is 0 Å². The van der Waals surface area contributed by atoms with Crippen LogP contribution in [0.2, 0.25) is 0 Å². The van der Waals surface area contributed by atoms with E-state index in [0.29, 0.717) is 16.9 Å². The molecule has 236 valence electrons. The van der Waals surface area contributed by atoms with Crippen molar-refractivity contribution in [2.45, 2.75) is 108 Å². The summed E-state index contributed by atoms with van der Waals surface area (Å²) in [6, 6.07) is 0. The molecule has 0 amide bonds. The van der Waals surface area contributed by atoms with Crippen molar-refractivity contribution in [3.63, 3.8) is 0 Å². The number of aliphatic hydroxyl groups excluding tert-OH is 1. The summed E-state index contributed by atoms with van der Waals surface area (Å²) in [5.74, 6) is -2.64. The highest BCUT2D eigenvalue weighted by Crippen LogP contribution is 2.70. The highest BCUT2D eigenvalue weighted by atomic mass is 16.6. The van der Waals surface area contributed by atoms with Gasteiger partial charge in [-0.3, -0.25) is 9.59 Å². The number of aliphatic carboxylic acids is 1. The smallest absolute Gasteiger partial charge is 0.330 e. The van der Waals surface area contributed by atoms with E-state index in [1.54, 1.807) is 6.92 Å². The number of methoxy groups -OCH3 is 1. The first-order chi connectivity index (χ1) is 20.3. The molecule has 3 aliphatic heterocycles. The lowest BCUT2D eigenvalue weighted by Gasteiger charge is -2.59. The van der Waals surface area contributed by atoms with Gasteiger partial charge in [0.1, 0.15) is 34.5 Å². The lowest BCUT2D eigenvalue weighted by atomic mass is 9.49. The second-order valence-corrected chi connectivity index (χ2v) is 14.1. The Kier molecular flexibility index (Phi) is 6.28. The molecule has 1 unspecified atom stereocenters. The third kappa shape index (κ3) is 3.44. The summed E-state index contributed by atoms with van der Waals surface area (Å²) in [4.78, 5) is 41.2. The van der Waals surface area contributed by atoms with Gasteiger partial charge in [-0.2, -0.15) is 0 Å². The van der Waals surface area contributed by atoms with E-state index >= 15 is 0 Å². The third-order valence-electron chi connectivity index (χ3n) is 10.9. The minimum absolute atomic E-state index is 0.0111. The first kappa shape index (κ1) is 30.6. The molecule has 1 saturated heterocycles. The lowest BCUT2D eigenvalue weighted by Crippen LogP contribution is -2.77. The van der Waals surface area contributed by atoms with Gasteiger partial charge in [-0.05, 0) is 47.1 Å². The summed E-state index contributed by atoms with van der Waals surface area (Å²) >= 11 is 0. The molecule has 1 aromatic carbocycles. The maximum atomic E-state index is 14.8. The molecule has 7 rings (SSSR count). The summed E-state index contributed by atoms with van der Waals surface area (Å²) in [5, 5.41) is 32.2. The Morgan fingerprint density at radius 1 is 1.20 bits per heavy atom. The van der Waals surface area contributed by atoms with Crippen molar-refractivity contribution in [3.05, 3.63) is 52.1 Å². The molecule has 6 aliphatic rings. The molecule has 6 atom stereocenters. The van der Waals surface area contributed by atoms with Crippen molar-refractivity contribution in [1.29, 1.82) is 0 Å². The fraction of sp³-hybridized carbons (Fsp3) is 0.559. The molecular formula is C34H40O10. The molecule has 3 heterocycles. The quantitative estimate of drug-likeness (QED) is 0.305.